The Balaban J connectivity index is 2.35. The Morgan fingerprint density at radius 3 is 2.78 bits per heavy atom. The Labute approximate surface area is 109 Å². The molecule has 0 saturated carbocycles. The highest BCUT2D eigenvalue weighted by molar-refractivity contribution is 5.74. The van der Waals surface area contributed by atoms with Crippen molar-refractivity contribution < 1.29 is 4.79 Å². The second-order valence-electron chi connectivity index (χ2n) is 4.76. The van der Waals surface area contributed by atoms with Gasteiger partial charge in [-0.05, 0) is 33.3 Å². The standard InChI is InChI=1S/C13H24N4O/c1-5-6-7-14-13(18)15-11(3)9-17-12(4)8-10(2)16-17/h8,11H,5-7,9H2,1-4H3,(H2,14,15,18)/t11-/m0/s1. The third-order valence-electron chi connectivity index (χ3n) is 2.74. The van der Waals surface area contributed by atoms with Crippen molar-refractivity contribution in [2.45, 2.75) is 53.1 Å². The van der Waals surface area contributed by atoms with E-state index in [0.29, 0.717) is 6.54 Å². The Morgan fingerprint density at radius 1 is 1.50 bits per heavy atom. The van der Waals surface area contributed by atoms with Gasteiger partial charge in [-0.3, -0.25) is 4.68 Å². The molecule has 1 aromatic heterocycles. The van der Waals surface area contributed by atoms with E-state index in [-0.39, 0.29) is 12.1 Å². The number of hydrogen-bond donors (Lipinski definition) is 2. The molecule has 1 heterocycles. The molecule has 0 unspecified atom stereocenters. The van der Waals surface area contributed by atoms with Gasteiger partial charge in [0.05, 0.1) is 12.2 Å². The lowest BCUT2D eigenvalue weighted by molar-refractivity contribution is 0.236. The molecule has 18 heavy (non-hydrogen) atoms. The first-order valence-corrected chi connectivity index (χ1v) is 6.58. The quantitative estimate of drug-likeness (QED) is 0.761. The number of nitrogens with zero attached hydrogens (tertiary/aromatic N) is 2. The first kappa shape index (κ1) is 14.5. The fourth-order valence-corrected chi connectivity index (χ4v) is 1.82. The van der Waals surface area contributed by atoms with Crippen LogP contribution in [0.2, 0.25) is 0 Å². The Morgan fingerprint density at radius 2 is 2.22 bits per heavy atom. The van der Waals surface area contributed by atoms with Crippen molar-refractivity contribution >= 4 is 6.03 Å². The summed E-state index contributed by atoms with van der Waals surface area (Å²) in [6.07, 6.45) is 2.10. The number of aryl methyl sites for hydroxylation is 2. The van der Waals surface area contributed by atoms with E-state index in [1.54, 1.807) is 0 Å². The molecule has 0 saturated heterocycles. The fourth-order valence-electron chi connectivity index (χ4n) is 1.82. The van der Waals surface area contributed by atoms with Gasteiger partial charge in [0.2, 0.25) is 0 Å². The number of carbonyl (C=O) groups excluding carboxylic acids is 1. The maximum Gasteiger partial charge on any atom is 0.315 e. The monoisotopic (exact) mass is 252 g/mol. The fraction of sp³-hybridized carbons (Fsp3) is 0.692. The molecule has 2 amide bonds. The number of nitrogens with one attached hydrogen (secondary N) is 2. The number of amides is 2. The maximum atomic E-state index is 11.6. The van der Waals surface area contributed by atoms with Crippen LogP contribution >= 0.6 is 0 Å². The van der Waals surface area contributed by atoms with Crippen molar-refractivity contribution in [1.82, 2.24) is 20.4 Å². The normalized spacial score (nSPS) is 12.2. The molecule has 0 spiro atoms. The molecule has 1 rings (SSSR count). The number of urea groups is 1. The average Bonchev–Trinajstić information content (AvgIpc) is 2.57. The molecule has 0 aliphatic heterocycles. The molecule has 0 aliphatic carbocycles. The molecule has 0 radical (unpaired) electrons. The summed E-state index contributed by atoms with van der Waals surface area (Å²) in [5, 5.41) is 10.1. The van der Waals surface area contributed by atoms with Crippen LogP contribution in [0.15, 0.2) is 6.07 Å². The van der Waals surface area contributed by atoms with Crippen molar-refractivity contribution in [3.8, 4) is 0 Å². The topological polar surface area (TPSA) is 59.0 Å². The van der Waals surface area contributed by atoms with Crippen molar-refractivity contribution in [2.75, 3.05) is 6.54 Å². The third-order valence-corrected chi connectivity index (χ3v) is 2.74. The van der Waals surface area contributed by atoms with Crippen LogP contribution in [0.4, 0.5) is 4.79 Å². The lowest BCUT2D eigenvalue weighted by Crippen LogP contribution is -2.43. The number of aromatic nitrogens is 2. The van der Waals surface area contributed by atoms with Gasteiger partial charge in [0.1, 0.15) is 0 Å². The van der Waals surface area contributed by atoms with Crippen molar-refractivity contribution in [3.05, 3.63) is 17.5 Å². The van der Waals surface area contributed by atoms with Gasteiger partial charge in [-0.25, -0.2) is 4.79 Å². The molecular weight excluding hydrogens is 228 g/mol. The molecule has 0 aliphatic rings. The zero-order chi connectivity index (χ0) is 13.5. The third kappa shape index (κ3) is 4.77. The summed E-state index contributed by atoms with van der Waals surface area (Å²) in [6, 6.07) is 2.00. The van der Waals surface area contributed by atoms with E-state index in [1.807, 2.05) is 31.5 Å². The van der Waals surface area contributed by atoms with Gasteiger partial charge in [0, 0.05) is 18.3 Å². The van der Waals surface area contributed by atoms with E-state index in [4.69, 9.17) is 0 Å². The Bertz CT molecular complexity index is 386. The molecule has 2 N–H and O–H groups in total. The zero-order valence-corrected chi connectivity index (χ0v) is 11.8. The van der Waals surface area contributed by atoms with Crippen LogP contribution in [0.5, 0.6) is 0 Å². The summed E-state index contributed by atoms with van der Waals surface area (Å²) >= 11 is 0. The predicted molar refractivity (Wildman–Crippen MR) is 72.6 cm³/mol. The van der Waals surface area contributed by atoms with E-state index in [1.165, 1.54) is 0 Å². The van der Waals surface area contributed by atoms with E-state index < -0.39 is 0 Å². The van der Waals surface area contributed by atoms with Crippen LogP contribution in [0, 0.1) is 13.8 Å². The average molecular weight is 252 g/mol. The van der Waals surface area contributed by atoms with Gasteiger partial charge in [0.15, 0.2) is 0 Å². The largest absolute Gasteiger partial charge is 0.338 e. The summed E-state index contributed by atoms with van der Waals surface area (Å²) in [5.41, 5.74) is 2.12. The van der Waals surface area contributed by atoms with Crippen molar-refractivity contribution in [3.63, 3.8) is 0 Å². The summed E-state index contributed by atoms with van der Waals surface area (Å²) in [6.45, 7) is 9.50. The Kier molecular flexibility index (Phi) is 5.68. The van der Waals surface area contributed by atoms with E-state index in [0.717, 1.165) is 30.8 Å². The first-order valence-electron chi connectivity index (χ1n) is 6.58. The number of unbranched alkanes of at least 4 members (excludes halogenated alkanes) is 1. The second kappa shape index (κ2) is 7.03. The molecule has 102 valence electrons. The smallest absolute Gasteiger partial charge is 0.315 e. The highest BCUT2D eigenvalue weighted by Gasteiger charge is 2.09. The molecule has 0 bridgehead atoms. The van der Waals surface area contributed by atoms with E-state index in [2.05, 4.69) is 22.7 Å². The molecule has 0 fully saturated rings. The van der Waals surface area contributed by atoms with Crippen LogP contribution in [-0.2, 0) is 6.54 Å². The second-order valence-corrected chi connectivity index (χ2v) is 4.76. The predicted octanol–water partition coefficient (Wildman–Crippen LogP) is 1.99. The van der Waals surface area contributed by atoms with Crippen molar-refractivity contribution in [2.24, 2.45) is 0 Å². The van der Waals surface area contributed by atoms with Gasteiger partial charge in [0.25, 0.3) is 0 Å². The number of carbonyl (C=O) groups is 1. The van der Waals surface area contributed by atoms with Crippen molar-refractivity contribution in [1.29, 1.82) is 0 Å². The zero-order valence-electron chi connectivity index (χ0n) is 11.8. The summed E-state index contributed by atoms with van der Waals surface area (Å²) < 4.78 is 1.92. The highest BCUT2D eigenvalue weighted by atomic mass is 16.2. The van der Waals surface area contributed by atoms with Crippen LogP contribution in [0.1, 0.15) is 38.1 Å². The van der Waals surface area contributed by atoms with E-state index in [9.17, 15) is 4.79 Å². The molecule has 1 atom stereocenters. The van der Waals surface area contributed by atoms with Gasteiger partial charge in [-0.1, -0.05) is 13.3 Å². The minimum absolute atomic E-state index is 0.0598. The first-order chi connectivity index (χ1) is 8.52. The molecule has 0 aromatic carbocycles. The lowest BCUT2D eigenvalue weighted by atomic mass is 10.3. The minimum Gasteiger partial charge on any atom is -0.338 e. The summed E-state index contributed by atoms with van der Waals surface area (Å²) in [4.78, 5) is 11.6. The van der Waals surface area contributed by atoms with Crippen LogP contribution in [0.25, 0.3) is 0 Å². The SMILES string of the molecule is CCCCNC(=O)N[C@@H](C)Cn1nc(C)cc1C. The molecule has 1 aromatic rings. The minimum atomic E-state index is -0.0996. The number of hydrogen-bond acceptors (Lipinski definition) is 2. The maximum absolute atomic E-state index is 11.6. The highest BCUT2D eigenvalue weighted by Crippen LogP contribution is 2.02. The van der Waals surface area contributed by atoms with Crippen LogP contribution < -0.4 is 10.6 Å². The van der Waals surface area contributed by atoms with Gasteiger partial charge < -0.3 is 10.6 Å². The Hall–Kier alpha value is -1.52. The molecular formula is C13H24N4O. The molecule has 5 nitrogen and oxygen atoms in total. The van der Waals surface area contributed by atoms with Gasteiger partial charge in [-0.2, -0.15) is 5.10 Å². The van der Waals surface area contributed by atoms with Crippen LogP contribution in [-0.4, -0.2) is 28.4 Å². The van der Waals surface area contributed by atoms with Gasteiger partial charge >= 0.3 is 6.03 Å². The molecule has 5 heteroatoms. The van der Waals surface area contributed by atoms with E-state index >= 15 is 0 Å². The van der Waals surface area contributed by atoms with Gasteiger partial charge in [-0.15, -0.1) is 0 Å². The van der Waals surface area contributed by atoms with Crippen LogP contribution in [0.3, 0.4) is 0 Å². The summed E-state index contributed by atoms with van der Waals surface area (Å²) in [7, 11) is 0. The number of rotatable bonds is 6. The lowest BCUT2D eigenvalue weighted by Gasteiger charge is -2.15. The summed E-state index contributed by atoms with van der Waals surface area (Å²) in [5.74, 6) is 0.